The number of allylic oxidation sites excluding steroid dienone is 4. The molecule has 0 fully saturated rings. The molecule has 0 aliphatic carbocycles. The summed E-state index contributed by atoms with van der Waals surface area (Å²) in [6.07, 6.45) is 4.95. The Labute approximate surface area is 212 Å². The number of anilines is 2. The Balaban J connectivity index is 1.67. The number of hydrogen-bond acceptors (Lipinski definition) is 2. The van der Waals surface area contributed by atoms with Gasteiger partial charge in [-0.25, -0.2) is 0 Å². The zero-order valence-electron chi connectivity index (χ0n) is 20.9. The first kappa shape index (κ1) is 23.0. The Hall–Kier alpha value is -2.78. The molecular weight excluding hydrogens is 480 g/mol. The number of likely N-dealkylation sites (N-methyl/N-ethyl adjacent to an activating group) is 2. The molecule has 2 heterocycles. The molecule has 3 heteroatoms. The van der Waals surface area contributed by atoms with Crippen LogP contribution in [0.5, 0.6) is 0 Å². The third kappa shape index (κ3) is 3.53. The van der Waals surface area contributed by atoms with Gasteiger partial charge in [0.25, 0.3) is 0 Å². The van der Waals surface area contributed by atoms with Gasteiger partial charge in [0.05, 0.1) is 0 Å². The van der Waals surface area contributed by atoms with Crippen LogP contribution in [0.15, 0.2) is 101 Å². The SMILES string of the molecule is CN1/C(=C\C(/C=C2/N(C)c3ccccc3C2(C)C)c2ccc(Br)cc2)C(C)(C)c2ccccc21. The van der Waals surface area contributed by atoms with Gasteiger partial charge >= 0.3 is 0 Å². The first-order valence-corrected chi connectivity index (χ1v) is 12.8. The van der Waals surface area contributed by atoms with Crippen LogP contribution in [0, 0.1) is 0 Å². The van der Waals surface area contributed by atoms with Gasteiger partial charge in [0.15, 0.2) is 0 Å². The van der Waals surface area contributed by atoms with Crippen molar-refractivity contribution in [3.63, 3.8) is 0 Å². The van der Waals surface area contributed by atoms with Crippen molar-refractivity contribution in [2.24, 2.45) is 0 Å². The molecule has 0 N–H and O–H groups in total. The molecule has 0 amide bonds. The van der Waals surface area contributed by atoms with E-state index in [-0.39, 0.29) is 16.7 Å². The van der Waals surface area contributed by atoms with Crippen LogP contribution in [-0.4, -0.2) is 14.1 Å². The lowest BCUT2D eigenvalue weighted by atomic mass is 9.80. The fourth-order valence-electron chi connectivity index (χ4n) is 5.87. The minimum atomic E-state index is -0.0580. The van der Waals surface area contributed by atoms with E-state index in [0.717, 1.165) is 4.47 Å². The van der Waals surface area contributed by atoms with Crippen molar-refractivity contribution < 1.29 is 0 Å². The summed E-state index contributed by atoms with van der Waals surface area (Å²) in [6.45, 7) is 9.37. The van der Waals surface area contributed by atoms with Gasteiger partial charge in [-0.05, 0) is 41.0 Å². The normalized spacial score (nSPS) is 21.1. The van der Waals surface area contributed by atoms with Crippen LogP contribution < -0.4 is 9.80 Å². The minimum Gasteiger partial charge on any atom is -0.347 e. The third-order valence-corrected chi connectivity index (χ3v) is 8.34. The lowest BCUT2D eigenvalue weighted by Gasteiger charge is -2.28. The van der Waals surface area contributed by atoms with Crippen LogP contribution in [0.1, 0.15) is 50.3 Å². The molecule has 2 aliphatic heterocycles. The molecule has 34 heavy (non-hydrogen) atoms. The predicted molar refractivity (Wildman–Crippen MR) is 149 cm³/mol. The molecule has 174 valence electrons. The topological polar surface area (TPSA) is 6.48 Å². The largest absolute Gasteiger partial charge is 0.347 e. The summed E-state index contributed by atoms with van der Waals surface area (Å²) in [5.41, 5.74) is 9.23. The van der Waals surface area contributed by atoms with Gasteiger partial charge in [0.2, 0.25) is 0 Å². The Morgan fingerprint density at radius 1 is 0.647 bits per heavy atom. The Morgan fingerprint density at radius 2 is 1.06 bits per heavy atom. The van der Waals surface area contributed by atoms with Gasteiger partial charge < -0.3 is 9.80 Å². The van der Waals surface area contributed by atoms with Gasteiger partial charge in [-0.2, -0.15) is 0 Å². The Morgan fingerprint density at radius 3 is 1.47 bits per heavy atom. The van der Waals surface area contributed by atoms with E-state index >= 15 is 0 Å². The van der Waals surface area contributed by atoms with Crippen LogP contribution >= 0.6 is 15.9 Å². The van der Waals surface area contributed by atoms with Crippen LogP contribution in [0.2, 0.25) is 0 Å². The van der Waals surface area contributed by atoms with E-state index in [1.165, 1.54) is 39.5 Å². The molecule has 0 aromatic heterocycles. The van der Waals surface area contributed by atoms with Gasteiger partial charge in [-0.15, -0.1) is 0 Å². The quantitative estimate of drug-likeness (QED) is 0.349. The van der Waals surface area contributed by atoms with Gasteiger partial charge in [-0.1, -0.05) is 104 Å². The van der Waals surface area contributed by atoms with Crippen molar-refractivity contribution in [2.75, 3.05) is 23.9 Å². The first-order chi connectivity index (χ1) is 16.1. The zero-order chi connectivity index (χ0) is 24.3. The van der Waals surface area contributed by atoms with Crippen LogP contribution in [0.3, 0.4) is 0 Å². The highest BCUT2D eigenvalue weighted by Crippen LogP contribution is 2.50. The van der Waals surface area contributed by atoms with Crippen molar-refractivity contribution in [2.45, 2.75) is 44.4 Å². The molecule has 5 rings (SSSR count). The molecule has 2 nitrogen and oxygen atoms in total. The number of rotatable bonds is 3. The van der Waals surface area contributed by atoms with E-state index in [2.05, 4.69) is 152 Å². The number of fused-ring (bicyclic) bond motifs is 2. The Bertz CT molecular complexity index is 1220. The number of para-hydroxylation sites is 2. The summed E-state index contributed by atoms with van der Waals surface area (Å²) in [7, 11) is 4.40. The summed E-state index contributed by atoms with van der Waals surface area (Å²) in [5.74, 6) is 0.144. The highest BCUT2D eigenvalue weighted by atomic mass is 79.9. The third-order valence-electron chi connectivity index (χ3n) is 7.81. The smallest absolute Gasteiger partial charge is 0.0447 e. The molecule has 1 atom stereocenters. The van der Waals surface area contributed by atoms with Crippen LogP contribution in [-0.2, 0) is 10.8 Å². The van der Waals surface area contributed by atoms with Crippen LogP contribution in [0.25, 0.3) is 0 Å². The molecular formula is C31H33BrN2. The Kier molecular flexibility index (Phi) is 5.52. The minimum absolute atomic E-state index is 0.0580. The van der Waals surface area contributed by atoms with Crippen LogP contribution in [0.4, 0.5) is 11.4 Å². The highest BCUT2D eigenvalue weighted by molar-refractivity contribution is 9.10. The summed E-state index contributed by atoms with van der Waals surface area (Å²) in [4.78, 5) is 4.75. The van der Waals surface area contributed by atoms with Crippen molar-refractivity contribution in [3.05, 3.63) is 118 Å². The zero-order valence-corrected chi connectivity index (χ0v) is 22.5. The predicted octanol–water partition coefficient (Wildman–Crippen LogP) is 8.16. The number of hydrogen-bond donors (Lipinski definition) is 0. The lowest BCUT2D eigenvalue weighted by molar-refractivity contribution is 0.627. The number of benzene rings is 3. The molecule has 1 unspecified atom stereocenters. The van der Waals surface area contributed by atoms with Gasteiger partial charge in [-0.3, -0.25) is 0 Å². The van der Waals surface area contributed by atoms with E-state index < -0.39 is 0 Å². The van der Waals surface area contributed by atoms with E-state index in [9.17, 15) is 0 Å². The first-order valence-electron chi connectivity index (χ1n) is 12.0. The lowest BCUT2D eigenvalue weighted by Crippen LogP contribution is -2.25. The van der Waals surface area contributed by atoms with Gasteiger partial charge in [0.1, 0.15) is 0 Å². The fourth-order valence-corrected chi connectivity index (χ4v) is 6.13. The fraction of sp³-hybridized carbons (Fsp3) is 0.290. The second-order valence-corrected chi connectivity index (χ2v) is 11.5. The monoisotopic (exact) mass is 512 g/mol. The van der Waals surface area contributed by atoms with Crippen molar-refractivity contribution in [1.29, 1.82) is 0 Å². The van der Waals surface area contributed by atoms with Crippen molar-refractivity contribution in [1.82, 2.24) is 0 Å². The molecule has 3 aromatic rings. The summed E-state index contributed by atoms with van der Waals surface area (Å²) in [6, 6.07) is 26.4. The second kappa shape index (κ2) is 8.16. The molecule has 0 saturated heterocycles. The average molecular weight is 514 g/mol. The van der Waals surface area contributed by atoms with Crippen molar-refractivity contribution in [3.8, 4) is 0 Å². The molecule has 0 saturated carbocycles. The maximum atomic E-state index is 3.62. The summed E-state index contributed by atoms with van der Waals surface area (Å²) < 4.78 is 1.10. The van der Waals surface area contributed by atoms with E-state index in [4.69, 9.17) is 0 Å². The second-order valence-electron chi connectivity index (χ2n) is 10.6. The maximum Gasteiger partial charge on any atom is 0.0447 e. The summed E-state index contributed by atoms with van der Waals surface area (Å²) in [5, 5.41) is 0. The molecule has 0 spiro atoms. The number of halogens is 1. The molecule has 0 bridgehead atoms. The number of nitrogens with zero attached hydrogens (tertiary/aromatic N) is 2. The van der Waals surface area contributed by atoms with E-state index in [1.807, 2.05) is 0 Å². The standard InChI is InChI=1S/C31H33BrN2/c1-30(2)24-11-7-9-13-26(24)33(5)28(30)19-22(21-15-17-23(32)18-16-21)20-29-31(3,4)25-12-8-10-14-27(25)34(29)6/h7-20,22H,1-6H3/b28-19-,29-20+. The average Bonchev–Trinajstić information content (AvgIpc) is 3.14. The van der Waals surface area contributed by atoms with E-state index in [0.29, 0.717) is 0 Å². The van der Waals surface area contributed by atoms with Gasteiger partial charge in [0, 0.05) is 58.1 Å². The van der Waals surface area contributed by atoms with Crippen molar-refractivity contribution >= 4 is 27.3 Å². The maximum absolute atomic E-state index is 3.62. The molecule has 3 aromatic carbocycles. The van der Waals surface area contributed by atoms with E-state index in [1.54, 1.807) is 0 Å². The highest BCUT2D eigenvalue weighted by Gasteiger charge is 2.40. The molecule has 2 aliphatic rings. The molecule has 0 radical (unpaired) electrons. The summed E-state index contributed by atoms with van der Waals surface area (Å²) >= 11 is 3.62.